The Labute approximate surface area is 107 Å². The molecule has 18 heavy (non-hydrogen) atoms. The largest absolute Gasteiger partial charge is 0.356 e. The van der Waals surface area contributed by atoms with Crippen molar-refractivity contribution in [1.82, 2.24) is 5.32 Å². The summed E-state index contributed by atoms with van der Waals surface area (Å²) in [5.41, 5.74) is 1.74. The van der Waals surface area contributed by atoms with Gasteiger partial charge in [0.25, 0.3) is 0 Å². The van der Waals surface area contributed by atoms with Gasteiger partial charge in [0, 0.05) is 18.7 Å². The van der Waals surface area contributed by atoms with Crippen LogP contribution in [0.5, 0.6) is 0 Å². The van der Waals surface area contributed by atoms with E-state index < -0.39 is 0 Å². The summed E-state index contributed by atoms with van der Waals surface area (Å²) in [6.07, 6.45) is 0.218. The number of hydrogen-bond donors (Lipinski definition) is 2. The molecule has 0 saturated carbocycles. The SMILES string of the molecule is CC(C)CNC(=O)CC1C(=O)Nc2ccccc21. The third kappa shape index (κ3) is 2.70. The number of para-hydroxylation sites is 1. The molecule has 0 bridgehead atoms. The monoisotopic (exact) mass is 246 g/mol. The normalized spacial score (nSPS) is 17.5. The van der Waals surface area contributed by atoms with Gasteiger partial charge in [-0.2, -0.15) is 0 Å². The quantitative estimate of drug-likeness (QED) is 0.852. The molecule has 96 valence electrons. The van der Waals surface area contributed by atoms with E-state index in [1.165, 1.54) is 0 Å². The zero-order chi connectivity index (χ0) is 13.1. The van der Waals surface area contributed by atoms with Crippen LogP contribution in [-0.2, 0) is 9.59 Å². The van der Waals surface area contributed by atoms with E-state index in [1.807, 2.05) is 38.1 Å². The number of hydrogen-bond acceptors (Lipinski definition) is 2. The average Bonchev–Trinajstić information content (AvgIpc) is 2.64. The van der Waals surface area contributed by atoms with Gasteiger partial charge in [-0.1, -0.05) is 32.0 Å². The van der Waals surface area contributed by atoms with E-state index in [0.717, 1.165) is 11.3 Å². The molecule has 2 amide bonds. The van der Waals surface area contributed by atoms with Gasteiger partial charge in [0.1, 0.15) is 0 Å². The van der Waals surface area contributed by atoms with Gasteiger partial charge in [-0.15, -0.1) is 0 Å². The number of amides is 2. The molecular formula is C14H18N2O2. The lowest BCUT2D eigenvalue weighted by Gasteiger charge is -2.10. The van der Waals surface area contributed by atoms with Gasteiger partial charge < -0.3 is 10.6 Å². The smallest absolute Gasteiger partial charge is 0.232 e. The number of nitrogens with one attached hydrogen (secondary N) is 2. The van der Waals surface area contributed by atoms with Crippen molar-refractivity contribution in [2.24, 2.45) is 5.92 Å². The van der Waals surface area contributed by atoms with Crippen LogP contribution in [0.1, 0.15) is 31.7 Å². The van der Waals surface area contributed by atoms with Crippen LogP contribution in [-0.4, -0.2) is 18.4 Å². The predicted molar refractivity (Wildman–Crippen MR) is 70.3 cm³/mol. The van der Waals surface area contributed by atoms with Gasteiger partial charge in [0.2, 0.25) is 11.8 Å². The maximum Gasteiger partial charge on any atom is 0.232 e. The summed E-state index contributed by atoms with van der Waals surface area (Å²) in [5.74, 6) is -0.0940. The lowest BCUT2D eigenvalue weighted by Crippen LogP contribution is -2.29. The van der Waals surface area contributed by atoms with E-state index in [-0.39, 0.29) is 24.2 Å². The lowest BCUT2D eigenvalue weighted by molar-refractivity contribution is -0.125. The third-order valence-electron chi connectivity index (χ3n) is 3.01. The second-order valence-electron chi connectivity index (χ2n) is 5.03. The van der Waals surface area contributed by atoms with E-state index >= 15 is 0 Å². The first-order chi connectivity index (χ1) is 8.58. The van der Waals surface area contributed by atoms with Crippen molar-refractivity contribution >= 4 is 17.5 Å². The summed E-state index contributed by atoms with van der Waals surface area (Å²) in [6.45, 7) is 4.73. The summed E-state index contributed by atoms with van der Waals surface area (Å²) < 4.78 is 0. The van der Waals surface area contributed by atoms with Crippen molar-refractivity contribution < 1.29 is 9.59 Å². The minimum Gasteiger partial charge on any atom is -0.356 e. The van der Waals surface area contributed by atoms with Gasteiger partial charge in [-0.25, -0.2) is 0 Å². The molecule has 1 aromatic carbocycles. The minimum absolute atomic E-state index is 0.0689. The molecule has 0 saturated heterocycles. The zero-order valence-electron chi connectivity index (χ0n) is 10.7. The number of benzene rings is 1. The Balaban J connectivity index is 2.01. The Morgan fingerprint density at radius 3 is 2.83 bits per heavy atom. The molecule has 4 heteroatoms. The number of fused-ring (bicyclic) bond motifs is 1. The van der Waals surface area contributed by atoms with E-state index in [1.54, 1.807) is 0 Å². The van der Waals surface area contributed by atoms with E-state index in [0.29, 0.717) is 12.5 Å². The predicted octanol–water partition coefficient (Wildman–Crippen LogP) is 1.88. The zero-order valence-corrected chi connectivity index (χ0v) is 10.7. The van der Waals surface area contributed by atoms with Crippen LogP contribution >= 0.6 is 0 Å². The maximum atomic E-state index is 11.8. The highest BCUT2D eigenvalue weighted by molar-refractivity contribution is 6.04. The van der Waals surface area contributed by atoms with Gasteiger partial charge in [0.15, 0.2) is 0 Å². The topological polar surface area (TPSA) is 58.2 Å². The van der Waals surface area contributed by atoms with Crippen molar-refractivity contribution in [3.05, 3.63) is 29.8 Å². The third-order valence-corrected chi connectivity index (χ3v) is 3.01. The standard InChI is InChI=1S/C14H18N2O2/c1-9(2)8-15-13(17)7-11-10-5-3-4-6-12(10)16-14(11)18/h3-6,9,11H,7-8H2,1-2H3,(H,15,17)(H,16,18). The molecule has 1 atom stereocenters. The van der Waals surface area contributed by atoms with Gasteiger partial charge in [-0.05, 0) is 17.5 Å². The number of carbonyl (C=O) groups excluding carboxylic acids is 2. The van der Waals surface area contributed by atoms with E-state index in [4.69, 9.17) is 0 Å². The maximum absolute atomic E-state index is 11.8. The Hall–Kier alpha value is -1.84. The molecule has 4 nitrogen and oxygen atoms in total. The Bertz CT molecular complexity index is 469. The van der Waals surface area contributed by atoms with Crippen molar-refractivity contribution in [2.75, 3.05) is 11.9 Å². The first kappa shape index (κ1) is 12.6. The van der Waals surface area contributed by atoms with E-state index in [2.05, 4.69) is 10.6 Å². The van der Waals surface area contributed by atoms with Gasteiger partial charge in [0.05, 0.1) is 5.92 Å². The summed E-state index contributed by atoms with van der Waals surface area (Å²) in [6, 6.07) is 7.52. The fourth-order valence-electron chi connectivity index (χ4n) is 2.05. The Kier molecular flexibility index (Phi) is 3.65. The molecule has 1 aliphatic rings. The van der Waals surface area contributed by atoms with Gasteiger partial charge >= 0.3 is 0 Å². The summed E-state index contributed by atoms with van der Waals surface area (Å²) in [5, 5.41) is 5.64. The fraction of sp³-hybridized carbons (Fsp3) is 0.429. The number of rotatable bonds is 4. The molecule has 0 fully saturated rings. The van der Waals surface area contributed by atoms with Crippen LogP contribution < -0.4 is 10.6 Å². The Morgan fingerprint density at radius 2 is 2.11 bits per heavy atom. The molecular weight excluding hydrogens is 228 g/mol. The molecule has 0 aromatic heterocycles. The molecule has 1 aliphatic heterocycles. The second kappa shape index (κ2) is 5.21. The van der Waals surface area contributed by atoms with E-state index in [9.17, 15) is 9.59 Å². The molecule has 1 heterocycles. The highest BCUT2D eigenvalue weighted by atomic mass is 16.2. The van der Waals surface area contributed by atoms with Crippen LogP contribution in [0.2, 0.25) is 0 Å². The second-order valence-corrected chi connectivity index (χ2v) is 5.03. The first-order valence-corrected chi connectivity index (χ1v) is 6.24. The first-order valence-electron chi connectivity index (χ1n) is 6.24. The van der Waals surface area contributed by atoms with Gasteiger partial charge in [-0.3, -0.25) is 9.59 Å². The van der Waals surface area contributed by atoms with Crippen LogP contribution in [0.3, 0.4) is 0 Å². The molecule has 0 aliphatic carbocycles. The molecule has 1 unspecified atom stereocenters. The van der Waals surface area contributed by atoms with Crippen LogP contribution in [0, 0.1) is 5.92 Å². The molecule has 2 N–H and O–H groups in total. The lowest BCUT2D eigenvalue weighted by atomic mass is 9.97. The summed E-state index contributed by atoms with van der Waals surface area (Å²) in [7, 11) is 0. The van der Waals surface area contributed by atoms with Crippen LogP contribution in [0.15, 0.2) is 24.3 Å². The van der Waals surface area contributed by atoms with Crippen molar-refractivity contribution in [3.8, 4) is 0 Å². The molecule has 1 aromatic rings. The highest BCUT2D eigenvalue weighted by Crippen LogP contribution is 2.34. The van der Waals surface area contributed by atoms with Crippen molar-refractivity contribution in [3.63, 3.8) is 0 Å². The molecule has 2 rings (SSSR count). The minimum atomic E-state index is -0.353. The molecule has 0 spiro atoms. The Morgan fingerprint density at radius 1 is 1.39 bits per heavy atom. The summed E-state index contributed by atoms with van der Waals surface area (Å²) in [4.78, 5) is 23.6. The molecule has 0 radical (unpaired) electrons. The fourth-order valence-corrected chi connectivity index (χ4v) is 2.05. The highest BCUT2D eigenvalue weighted by Gasteiger charge is 2.31. The van der Waals surface area contributed by atoms with Crippen LogP contribution in [0.4, 0.5) is 5.69 Å². The number of carbonyl (C=O) groups is 2. The van der Waals surface area contributed by atoms with Crippen molar-refractivity contribution in [1.29, 1.82) is 0 Å². The summed E-state index contributed by atoms with van der Waals surface area (Å²) >= 11 is 0. The number of anilines is 1. The van der Waals surface area contributed by atoms with Crippen LogP contribution in [0.25, 0.3) is 0 Å². The average molecular weight is 246 g/mol. The van der Waals surface area contributed by atoms with Crippen molar-refractivity contribution in [2.45, 2.75) is 26.2 Å².